The molecule has 0 bridgehead atoms. The first-order chi connectivity index (χ1) is 9.10. The molecular formula is C16H32N2O2. The van der Waals surface area contributed by atoms with E-state index in [1.165, 1.54) is 6.42 Å². The first kappa shape index (κ1) is 17.4. The van der Waals surface area contributed by atoms with E-state index >= 15 is 0 Å². The molecule has 4 N–H and O–H groups in total. The SMILES string of the molecule is CC1CCCC(O)(CNC(=O)CC(N)CC(C)(C)C)C1. The average Bonchev–Trinajstić information content (AvgIpc) is 2.23. The van der Waals surface area contributed by atoms with Crippen molar-refractivity contribution in [2.45, 2.75) is 77.9 Å². The molecular weight excluding hydrogens is 252 g/mol. The number of hydrogen-bond acceptors (Lipinski definition) is 3. The first-order valence-corrected chi connectivity index (χ1v) is 7.84. The smallest absolute Gasteiger partial charge is 0.221 e. The largest absolute Gasteiger partial charge is 0.388 e. The highest BCUT2D eigenvalue weighted by Crippen LogP contribution is 2.31. The summed E-state index contributed by atoms with van der Waals surface area (Å²) in [7, 11) is 0. The van der Waals surface area contributed by atoms with Gasteiger partial charge in [-0.1, -0.05) is 40.5 Å². The molecule has 20 heavy (non-hydrogen) atoms. The summed E-state index contributed by atoms with van der Waals surface area (Å²) in [6.07, 6.45) is 4.93. The van der Waals surface area contributed by atoms with Gasteiger partial charge in [-0.2, -0.15) is 0 Å². The third-order valence-corrected chi connectivity index (χ3v) is 4.00. The van der Waals surface area contributed by atoms with E-state index < -0.39 is 5.60 Å². The first-order valence-electron chi connectivity index (χ1n) is 7.84. The molecule has 3 unspecified atom stereocenters. The van der Waals surface area contributed by atoms with Crippen LogP contribution in [0, 0.1) is 11.3 Å². The number of carbonyl (C=O) groups excluding carboxylic acids is 1. The van der Waals surface area contributed by atoms with Crippen LogP contribution in [0.1, 0.15) is 66.2 Å². The Balaban J connectivity index is 2.32. The third kappa shape index (κ3) is 6.71. The average molecular weight is 284 g/mol. The summed E-state index contributed by atoms with van der Waals surface area (Å²) in [5, 5.41) is 13.3. The van der Waals surface area contributed by atoms with Crippen LogP contribution in [0.5, 0.6) is 0 Å². The number of carbonyl (C=O) groups is 1. The second-order valence-corrected chi connectivity index (χ2v) is 7.93. The predicted octanol–water partition coefficient (Wildman–Crippen LogP) is 2.20. The molecule has 0 aliphatic heterocycles. The van der Waals surface area contributed by atoms with Gasteiger partial charge in [-0.25, -0.2) is 0 Å². The van der Waals surface area contributed by atoms with Gasteiger partial charge in [0.2, 0.25) is 5.91 Å². The summed E-state index contributed by atoms with van der Waals surface area (Å²) in [6.45, 7) is 8.88. The lowest BCUT2D eigenvalue weighted by molar-refractivity contribution is -0.123. The van der Waals surface area contributed by atoms with Crippen LogP contribution in [0.3, 0.4) is 0 Å². The van der Waals surface area contributed by atoms with Crippen LogP contribution in [-0.2, 0) is 4.79 Å². The Kier molecular flexibility index (Phi) is 6.02. The van der Waals surface area contributed by atoms with Crippen molar-refractivity contribution >= 4 is 5.91 Å². The topological polar surface area (TPSA) is 75.3 Å². The van der Waals surface area contributed by atoms with Crippen molar-refractivity contribution in [3.05, 3.63) is 0 Å². The molecule has 1 aliphatic carbocycles. The highest BCUT2D eigenvalue weighted by atomic mass is 16.3. The van der Waals surface area contributed by atoms with Gasteiger partial charge in [0.1, 0.15) is 0 Å². The normalized spacial score (nSPS) is 29.0. The van der Waals surface area contributed by atoms with Crippen LogP contribution in [0.25, 0.3) is 0 Å². The second kappa shape index (κ2) is 6.90. The number of nitrogens with two attached hydrogens (primary N) is 1. The van der Waals surface area contributed by atoms with Crippen molar-refractivity contribution in [1.82, 2.24) is 5.32 Å². The summed E-state index contributed by atoms with van der Waals surface area (Å²) in [4.78, 5) is 11.9. The fourth-order valence-corrected chi connectivity index (χ4v) is 3.23. The molecule has 118 valence electrons. The van der Waals surface area contributed by atoms with Gasteiger partial charge in [0.05, 0.1) is 5.60 Å². The number of aliphatic hydroxyl groups is 1. The van der Waals surface area contributed by atoms with Crippen LogP contribution in [0.4, 0.5) is 0 Å². The lowest BCUT2D eigenvalue weighted by atomic mass is 9.79. The van der Waals surface area contributed by atoms with Crippen LogP contribution < -0.4 is 11.1 Å². The summed E-state index contributed by atoms with van der Waals surface area (Å²) in [6, 6.07) is -0.116. The lowest BCUT2D eigenvalue weighted by Gasteiger charge is -2.35. The van der Waals surface area contributed by atoms with Gasteiger partial charge in [-0.3, -0.25) is 4.79 Å². The van der Waals surface area contributed by atoms with Crippen molar-refractivity contribution < 1.29 is 9.90 Å². The monoisotopic (exact) mass is 284 g/mol. The Hall–Kier alpha value is -0.610. The quantitative estimate of drug-likeness (QED) is 0.724. The second-order valence-electron chi connectivity index (χ2n) is 7.93. The van der Waals surface area contributed by atoms with Gasteiger partial charge in [0.15, 0.2) is 0 Å². The third-order valence-electron chi connectivity index (χ3n) is 4.00. The maximum atomic E-state index is 11.9. The van der Waals surface area contributed by atoms with Gasteiger partial charge in [-0.05, 0) is 30.6 Å². The zero-order valence-electron chi connectivity index (χ0n) is 13.5. The zero-order chi connectivity index (χ0) is 15.4. The molecule has 0 aromatic rings. The molecule has 0 aromatic carbocycles. The maximum Gasteiger partial charge on any atom is 0.221 e. The van der Waals surface area contributed by atoms with Crippen LogP contribution in [-0.4, -0.2) is 29.2 Å². The highest BCUT2D eigenvalue weighted by Gasteiger charge is 2.32. The Morgan fingerprint density at radius 1 is 1.50 bits per heavy atom. The van der Waals surface area contributed by atoms with Crippen molar-refractivity contribution in [2.75, 3.05) is 6.54 Å². The van der Waals surface area contributed by atoms with Gasteiger partial charge in [0.25, 0.3) is 0 Å². The van der Waals surface area contributed by atoms with Crippen LogP contribution in [0.15, 0.2) is 0 Å². The maximum absolute atomic E-state index is 11.9. The van der Waals surface area contributed by atoms with E-state index in [4.69, 9.17) is 5.73 Å². The molecule has 0 heterocycles. The Morgan fingerprint density at radius 3 is 2.70 bits per heavy atom. The minimum atomic E-state index is -0.721. The molecule has 0 aromatic heterocycles. The summed E-state index contributed by atoms with van der Waals surface area (Å²) in [5.41, 5.74) is 5.42. The lowest BCUT2D eigenvalue weighted by Crippen LogP contribution is -2.46. The molecule has 1 aliphatic rings. The standard InChI is InChI=1S/C16H32N2O2/c1-12-6-5-7-16(20,9-12)11-18-14(19)8-13(17)10-15(2,3)4/h12-13,20H,5-11,17H2,1-4H3,(H,18,19). The van der Waals surface area contributed by atoms with Crippen LogP contribution in [0.2, 0.25) is 0 Å². The van der Waals surface area contributed by atoms with E-state index in [1.807, 2.05) is 0 Å². The van der Waals surface area contributed by atoms with Gasteiger partial charge < -0.3 is 16.2 Å². The molecule has 0 spiro atoms. The Bertz CT molecular complexity index is 325. The van der Waals surface area contributed by atoms with E-state index in [0.717, 1.165) is 25.7 Å². The number of hydrogen-bond donors (Lipinski definition) is 3. The van der Waals surface area contributed by atoms with Crippen LogP contribution >= 0.6 is 0 Å². The van der Waals surface area contributed by atoms with E-state index in [2.05, 4.69) is 33.0 Å². The highest BCUT2D eigenvalue weighted by molar-refractivity contribution is 5.76. The van der Waals surface area contributed by atoms with E-state index in [0.29, 0.717) is 18.9 Å². The predicted molar refractivity (Wildman–Crippen MR) is 82.3 cm³/mol. The Morgan fingerprint density at radius 2 is 2.15 bits per heavy atom. The fourth-order valence-electron chi connectivity index (χ4n) is 3.23. The molecule has 0 saturated heterocycles. The summed E-state index contributed by atoms with van der Waals surface area (Å²) >= 11 is 0. The van der Waals surface area contributed by atoms with Gasteiger partial charge in [0, 0.05) is 19.0 Å². The number of amides is 1. The molecule has 1 saturated carbocycles. The van der Waals surface area contributed by atoms with Gasteiger partial charge in [-0.15, -0.1) is 0 Å². The van der Waals surface area contributed by atoms with E-state index in [9.17, 15) is 9.90 Å². The molecule has 1 rings (SSSR count). The summed E-state index contributed by atoms with van der Waals surface area (Å²) < 4.78 is 0. The van der Waals surface area contributed by atoms with Crippen molar-refractivity contribution in [1.29, 1.82) is 0 Å². The van der Waals surface area contributed by atoms with E-state index in [-0.39, 0.29) is 17.4 Å². The fraction of sp³-hybridized carbons (Fsp3) is 0.938. The molecule has 1 fully saturated rings. The van der Waals surface area contributed by atoms with Gasteiger partial charge >= 0.3 is 0 Å². The summed E-state index contributed by atoms with van der Waals surface area (Å²) in [5.74, 6) is 0.488. The molecule has 1 amide bonds. The molecule has 3 atom stereocenters. The molecule has 0 radical (unpaired) electrons. The minimum absolute atomic E-state index is 0.0478. The zero-order valence-corrected chi connectivity index (χ0v) is 13.5. The minimum Gasteiger partial charge on any atom is -0.388 e. The van der Waals surface area contributed by atoms with Crippen molar-refractivity contribution in [3.8, 4) is 0 Å². The molecule has 4 heteroatoms. The van der Waals surface area contributed by atoms with Crippen molar-refractivity contribution in [2.24, 2.45) is 17.1 Å². The number of nitrogens with one attached hydrogen (secondary N) is 1. The Labute approximate surface area is 123 Å². The number of rotatable bonds is 5. The van der Waals surface area contributed by atoms with Crippen molar-refractivity contribution in [3.63, 3.8) is 0 Å². The molecule has 4 nitrogen and oxygen atoms in total. The van der Waals surface area contributed by atoms with E-state index in [1.54, 1.807) is 0 Å².